The van der Waals surface area contributed by atoms with Gasteiger partial charge in [-0.3, -0.25) is 5.10 Å². The lowest BCUT2D eigenvalue weighted by atomic mass is 10.1. The van der Waals surface area contributed by atoms with Crippen LogP contribution in [0.4, 0.5) is 0 Å². The number of H-pyrrole nitrogens is 1. The highest BCUT2D eigenvalue weighted by atomic mass is 15.2. The van der Waals surface area contributed by atoms with Gasteiger partial charge in [-0.1, -0.05) is 19.8 Å². The minimum Gasteiger partial charge on any atom is -0.263 e. The maximum absolute atomic E-state index is 4.64. The van der Waals surface area contributed by atoms with Crippen LogP contribution in [0.2, 0.25) is 0 Å². The molecule has 0 saturated heterocycles. The first kappa shape index (κ1) is 8.45. The van der Waals surface area contributed by atoms with E-state index in [0.29, 0.717) is 11.8 Å². The van der Waals surface area contributed by atoms with Gasteiger partial charge in [-0.25, -0.2) is 4.98 Å². The fourth-order valence-corrected chi connectivity index (χ4v) is 2.52. The molecule has 76 valence electrons. The van der Waals surface area contributed by atoms with Crippen LogP contribution in [0.1, 0.15) is 62.5 Å². The van der Waals surface area contributed by atoms with Gasteiger partial charge in [-0.05, 0) is 25.2 Å². The first-order chi connectivity index (χ1) is 6.84. The first-order valence-electron chi connectivity index (χ1n) is 5.77. The topological polar surface area (TPSA) is 41.6 Å². The van der Waals surface area contributed by atoms with Crippen molar-refractivity contribution in [3.63, 3.8) is 0 Å². The fraction of sp³-hybridized carbons (Fsp3) is 0.818. The molecule has 2 fully saturated rings. The minimum absolute atomic E-state index is 0.647. The van der Waals surface area contributed by atoms with Gasteiger partial charge >= 0.3 is 0 Å². The van der Waals surface area contributed by atoms with Gasteiger partial charge in [0.1, 0.15) is 5.82 Å². The fourth-order valence-electron chi connectivity index (χ4n) is 2.52. The van der Waals surface area contributed by atoms with E-state index in [2.05, 4.69) is 22.1 Å². The van der Waals surface area contributed by atoms with Crippen molar-refractivity contribution < 1.29 is 0 Å². The molecule has 0 bridgehead atoms. The summed E-state index contributed by atoms with van der Waals surface area (Å²) in [4.78, 5) is 4.64. The molecule has 0 amide bonds. The zero-order chi connectivity index (χ0) is 9.54. The maximum atomic E-state index is 4.64. The highest BCUT2D eigenvalue weighted by Crippen LogP contribution is 2.45. The summed E-state index contributed by atoms with van der Waals surface area (Å²) in [5, 5.41) is 7.47. The van der Waals surface area contributed by atoms with E-state index < -0.39 is 0 Å². The lowest BCUT2D eigenvalue weighted by Crippen LogP contribution is -1.95. The van der Waals surface area contributed by atoms with Crippen molar-refractivity contribution in [3.05, 3.63) is 11.6 Å². The van der Waals surface area contributed by atoms with Crippen molar-refractivity contribution in [1.29, 1.82) is 0 Å². The van der Waals surface area contributed by atoms with Gasteiger partial charge in [-0.15, -0.1) is 0 Å². The van der Waals surface area contributed by atoms with Gasteiger partial charge < -0.3 is 0 Å². The van der Waals surface area contributed by atoms with Gasteiger partial charge in [0.25, 0.3) is 0 Å². The third-order valence-electron chi connectivity index (χ3n) is 3.70. The van der Waals surface area contributed by atoms with Crippen LogP contribution in [0.5, 0.6) is 0 Å². The quantitative estimate of drug-likeness (QED) is 0.780. The van der Waals surface area contributed by atoms with Crippen molar-refractivity contribution in [2.24, 2.45) is 5.92 Å². The summed E-state index contributed by atoms with van der Waals surface area (Å²) < 4.78 is 0. The summed E-state index contributed by atoms with van der Waals surface area (Å²) in [7, 11) is 0. The van der Waals surface area contributed by atoms with E-state index in [1.807, 2.05) is 0 Å². The van der Waals surface area contributed by atoms with Gasteiger partial charge in [0.15, 0.2) is 5.82 Å². The minimum atomic E-state index is 0.647. The predicted molar refractivity (Wildman–Crippen MR) is 54.1 cm³/mol. The molecule has 2 aliphatic carbocycles. The smallest absolute Gasteiger partial charge is 0.153 e. The van der Waals surface area contributed by atoms with Crippen LogP contribution >= 0.6 is 0 Å². The molecule has 0 radical (unpaired) electrons. The second kappa shape index (κ2) is 3.07. The zero-order valence-corrected chi connectivity index (χ0v) is 8.66. The molecule has 2 unspecified atom stereocenters. The van der Waals surface area contributed by atoms with Crippen LogP contribution in [0.15, 0.2) is 0 Å². The van der Waals surface area contributed by atoms with E-state index in [4.69, 9.17) is 0 Å². The number of nitrogens with one attached hydrogen (secondary N) is 1. The Bertz CT molecular complexity index is 325. The SMILES string of the molecule is CC1CC1c1nc(C2CCCC2)n[nH]1. The Morgan fingerprint density at radius 2 is 2.00 bits per heavy atom. The van der Waals surface area contributed by atoms with E-state index in [0.717, 1.165) is 17.6 Å². The molecule has 3 nitrogen and oxygen atoms in total. The number of rotatable bonds is 2. The van der Waals surface area contributed by atoms with Crippen molar-refractivity contribution in [1.82, 2.24) is 15.2 Å². The molecule has 14 heavy (non-hydrogen) atoms. The molecule has 1 N–H and O–H groups in total. The number of hydrogen-bond acceptors (Lipinski definition) is 2. The molecule has 3 heteroatoms. The molecule has 1 aromatic heterocycles. The van der Waals surface area contributed by atoms with Crippen LogP contribution < -0.4 is 0 Å². The molecule has 0 aromatic carbocycles. The predicted octanol–water partition coefficient (Wildman–Crippen LogP) is 2.59. The van der Waals surface area contributed by atoms with Crippen molar-refractivity contribution >= 4 is 0 Å². The summed E-state index contributed by atoms with van der Waals surface area (Å²) in [6.07, 6.45) is 6.58. The number of aromatic nitrogens is 3. The van der Waals surface area contributed by atoms with Gasteiger partial charge in [0, 0.05) is 11.8 Å². The Morgan fingerprint density at radius 1 is 1.29 bits per heavy atom. The van der Waals surface area contributed by atoms with E-state index in [-0.39, 0.29) is 0 Å². The molecule has 1 aromatic rings. The Balaban J connectivity index is 1.76. The van der Waals surface area contributed by atoms with E-state index in [1.54, 1.807) is 0 Å². The molecule has 3 rings (SSSR count). The third kappa shape index (κ3) is 1.35. The highest BCUT2D eigenvalue weighted by Gasteiger charge is 2.37. The van der Waals surface area contributed by atoms with E-state index in [1.165, 1.54) is 32.1 Å². The zero-order valence-electron chi connectivity index (χ0n) is 8.66. The summed E-state index contributed by atoms with van der Waals surface area (Å²) in [6.45, 7) is 2.28. The number of aromatic amines is 1. The van der Waals surface area contributed by atoms with Gasteiger partial charge in [0.05, 0.1) is 0 Å². The monoisotopic (exact) mass is 191 g/mol. The summed E-state index contributed by atoms with van der Waals surface area (Å²) >= 11 is 0. The van der Waals surface area contributed by atoms with E-state index >= 15 is 0 Å². The molecule has 0 aliphatic heterocycles. The van der Waals surface area contributed by atoms with Crippen LogP contribution in [0, 0.1) is 5.92 Å². The van der Waals surface area contributed by atoms with Crippen molar-refractivity contribution in [2.45, 2.75) is 50.9 Å². The highest BCUT2D eigenvalue weighted by molar-refractivity contribution is 5.10. The normalized spacial score (nSPS) is 32.4. The second-order valence-electron chi connectivity index (χ2n) is 4.88. The molecule has 1 heterocycles. The van der Waals surface area contributed by atoms with Gasteiger partial charge in [-0.2, -0.15) is 5.10 Å². The average Bonchev–Trinajstić information content (AvgIpc) is 2.72. The number of nitrogens with zero attached hydrogens (tertiary/aromatic N) is 2. The van der Waals surface area contributed by atoms with Gasteiger partial charge in [0.2, 0.25) is 0 Å². The second-order valence-corrected chi connectivity index (χ2v) is 4.88. The maximum Gasteiger partial charge on any atom is 0.153 e. The Labute approximate surface area is 84.3 Å². The van der Waals surface area contributed by atoms with Crippen molar-refractivity contribution in [2.75, 3.05) is 0 Å². The number of hydrogen-bond donors (Lipinski definition) is 1. The molecular weight excluding hydrogens is 174 g/mol. The van der Waals surface area contributed by atoms with Crippen molar-refractivity contribution in [3.8, 4) is 0 Å². The molecule has 0 spiro atoms. The molecule has 2 aliphatic rings. The Kier molecular flexibility index (Phi) is 1.85. The molecule has 2 saturated carbocycles. The van der Waals surface area contributed by atoms with Crippen LogP contribution in [0.25, 0.3) is 0 Å². The molecular formula is C11H17N3. The van der Waals surface area contributed by atoms with Crippen LogP contribution in [0.3, 0.4) is 0 Å². The average molecular weight is 191 g/mol. The van der Waals surface area contributed by atoms with E-state index in [9.17, 15) is 0 Å². The summed E-state index contributed by atoms with van der Waals surface area (Å²) in [5.74, 6) is 4.36. The lowest BCUT2D eigenvalue weighted by Gasteiger charge is -2.00. The summed E-state index contributed by atoms with van der Waals surface area (Å²) in [6, 6.07) is 0. The Hall–Kier alpha value is -0.860. The first-order valence-corrected chi connectivity index (χ1v) is 5.77. The largest absolute Gasteiger partial charge is 0.263 e. The lowest BCUT2D eigenvalue weighted by molar-refractivity contribution is 0.671. The summed E-state index contributed by atoms with van der Waals surface area (Å²) in [5.41, 5.74) is 0. The van der Waals surface area contributed by atoms with Crippen LogP contribution in [-0.4, -0.2) is 15.2 Å². The molecule has 2 atom stereocenters. The standard InChI is InChI=1S/C11H17N3/c1-7-6-9(7)11-12-10(13-14-11)8-4-2-3-5-8/h7-9H,2-6H2,1H3,(H,12,13,14). The van der Waals surface area contributed by atoms with Crippen LogP contribution in [-0.2, 0) is 0 Å². The third-order valence-corrected chi connectivity index (χ3v) is 3.70. The Morgan fingerprint density at radius 3 is 2.64 bits per heavy atom.